The number of nitrogens with zero attached hydrogens (tertiary/aromatic N) is 1. The van der Waals surface area contributed by atoms with Crippen LogP contribution in [0, 0.1) is 0 Å². The molecular weight excluding hydrogens is 256 g/mol. The number of hydrogen-bond donors (Lipinski definition) is 1. The summed E-state index contributed by atoms with van der Waals surface area (Å²) in [6.07, 6.45) is 6.39. The molecule has 2 heterocycles. The molecule has 3 nitrogen and oxygen atoms in total. The highest BCUT2D eigenvalue weighted by atomic mass is 32.2. The summed E-state index contributed by atoms with van der Waals surface area (Å²) in [4.78, 5) is 16.2. The van der Waals surface area contributed by atoms with Crippen molar-refractivity contribution in [2.75, 3.05) is 24.7 Å². The Hall–Kier alpha value is -1.00. The molecule has 19 heavy (non-hydrogen) atoms. The van der Waals surface area contributed by atoms with Crippen LogP contribution in [0.25, 0.3) is 0 Å². The van der Waals surface area contributed by atoms with Crippen LogP contribution in [0.15, 0.2) is 29.2 Å². The molecule has 0 atom stereocenters. The maximum Gasteiger partial charge on any atom is 0.244 e. The highest BCUT2D eigenvalue weighted by molar-refractivity contribution is 7.98. The van der Waals surface area contributed by atoms with Gasteiger partial charge in [0.1, 0.15) is 5.54 Å². The zero-order chi connectivity index (χ0) is 13.3. The first kappa shape index (κ1) is 13.0. The number of rotatable bonds is 3. The van der Waals surface area contributed by atoms with Crippen LogP contribution in [-0.4, -0.2) is 35.7 Å². The Labute approximate surface area is 118 Å². The number of hydrogen-bond acceptors (Lipinski definition) is 3. The van der Waals surface area contributed by atoms with E-state index in [9.17, 15) is 4.79 Å². The Bertz CT molecular complexity index is 462. The monoisotopic (exact) mass is 276 g/mol. The zero-order valence-corrected chi connectivity index (χ0v) is 12.1. The lowest BCUT2D eigenvalue weighted by molar-refractivity contribution is -0.125. The van der Waals surface area contributed by atoms with E-state index in [1.165, 1.54) is 4.90 Å². The fraction of sp³-hybridized carbons (Fsp3) is 0.533. The largest absolute Gasteiger partial charge is 0.324 e. The van der Waals surface area contributed by atoms with Crippen LogP contribution in [0.1, 0.15) is 25.7 Å². The third-order valence-corrected chi connectivity index (χ3v) is 5.16. The van der Waals surface area contributed by atoms with Crippen LogP contribution < -0.4 is 5.32 Å². The molecule has 2 aliphatic heterocycles. The number of benzene rings is 1. The number of carbonyl (C=O) groups is 1. The van der Waals surface area contributed by atoms with Gasteiger partial charge in [-0.05, 0) is 69.3 Å². The number of anilines is 1. The first-order chi connectivity index (χ1) is 9.24. The van der Waals surface area contributed by atoms with Gasteiger partial charge in [0.2, 0.25) is 5.91 Å². The van der Waals surface area contributed by atoms with Gasteiger partial charge in [-0.1, -0.05) is 0 Å². The summed E-state index contributed by atoms with van der Waals surface area (Å²) >= 11 is 1.71. The van der Waals surface area contributed by atoms with Crippen molar-refractivity contribution in [2.45, 2.75) is 36.1 Å². The summed E-state index contributed by atoms with van der Waals surface area (Å²) in [7, 11) is 0. The van der Waals surface area contributed by atoms with Crippen molar-refractivity contribution in [1.82, 2.24) is 4.90 Å². The molecular formula is C15H20N2OS. The normalized spacial score (nSPS) is 21.3. The third-order valence-electron chi connectivity index (χ3n) is 4.41. The van der Waals surface area contributed by atoms with Gasteiger partial charge in [-0.2, -0.15) is 0 Å². The molecule has 1 aromatic carbocycles. The summed E-state index contributed by atoms with van der Waals surface area (Å²) < 4.78 is 0. The fourth-order valence-corrected chi connectivity index (χ4v) is 3.81. The fourth-order valence-electron chi connectivity index (χ4n) is 3.40. The lowest BCUT2D eigenvalue weighted by Crippen LogP contribution is -2.48. The van der Waals surface area contributed by atoms with Crippen molar-refractivity contribution >= 4 is 23.4 Å². The van der Waals surface area contributed by atoms with Gasteiger partial charge in [0, 0.05) is 10.6 Å². The van der Waals surface area contributed by atoms with E-state index in [0.29, 0.717) is 0 Å². The van der Waals surface area contributed by atoms with Crippen molar-refractivity contribution in [3.8, 4) is 0 Å². The topological polar surface area (TPSA) is 32.3 Å². The minimum atomic E-state index is -0.210. The predicted molar refractivity (Wildman–Crippen MR) is 79.6 cm³/mol. The summed E-state index contributed by atoms with van der Waals surface area (Å²) in [5.41, 5.74) is 0.703. The Balaban J connectivity index is 1.73. The molecule has 102 valence electrons. The van der Waals surface area contributed by atoms with Crippen LogP contribution in [0.3, 0.4) is 0 Å². The number of carbonyl (C=O) groups excluding carboxylic acids is 1. The maximum atomic E-state index is 12.6. The molecule has 0 spiro atoms. The number of fused-ring (bicyclic) bond motifs is 1. The van der Waals surface area contributed by atoms with Gasteiger partial charge in [-0.3, -0.25) is 9.69 Å². The summed E-state index contributed by atoms with van der Waals surface area (Å²) in [6, 6.07) is 8.10. The van der Waals surface area contributed by atoms with E-state index in [4.69, 9.17) is 0 Å². The maximum absolute atomic E-state index is 12.6. The molecule has 2 fully saturated rings. The second kappa shape index (κ2) is 5.17. The first-order valence-electron chi connectivity index (χ1n) is 6.95. The standard InChI is InChI=1S/C15H20N2OS/c1-19-13-6-4-12(5-7-13)16-14(18)15-8-2-10-17(15)11-3-9-15/h4-7H,2-3,8-11H2,1H3,(H,16,18). The Morgan fingerprint density at radius 1 is 1.21 bits per heavy atom. The van der Waals surface area contributed by atoms with Gasteiger partial charge in [0.15, 0.2) is 0 Å². The van der Waals surface area contributed by atoms with Crippen molar-refractivity contribution in [3.05, 3.63) is 24.3 Å². The van der Waals surface area contributed by atoms with Crippen LogP contribution in [0.4, 0.5) is 5.69 Å². The van der Waals surface area contributed by atoms with Crippen molar-refractivity contribution in [2.24, 2.45) is 0 Å². The Morgan fingerprint density at radius 3 is 2.42 bits per heavy atom. The number of nitrogens with one attached hydrogen (secondary N) is 1. The molecule has 2 aliphatic rings. The minimum absolute atomic E-state index is 0.194. The molecule has 1 aromatic rings. The van der Waals surface area contributed by atoms with Gasteiger partial charge in [-0.25, -0.2) is 0 Å². The van der Waals surface area contributed by atoms with E-state index < -0.39 is 0 Å². The van der Waals surface area contributed by atoms with Gasteiger partial charge >= 0.3 is 0 Å². The van der Waals surface area contributed by atoms with E-state index in [1.54, 1.807) is 11.8 Å². The molecule has 0 unspecified atom stereocenters. The number of amides is 1. The smallest absolute Gasteiger partial charge is 0.244 e. The average Bonchev–Trinajstić information content (AvgIpc) is 2.99. The van der Waals surface area contributed by atoms with Crippen LogP contribution in [0.5, 0.6) is 0 Å². The van der Waals surface area contributed by atoms with E-state index in [1.807, 2.05) is 12.1 Å². The van der Waals surface area contributed by atoms with E-state index in [-0.39, 0.29) is 11.4 Å². The van der Waals surface area contributed by atoms with Crippen LogP contribution in [0.2, 0.25) is 0 Å². The van der Waals surface area contributed by atoms with E-state index in [2.05, 4.69) is 28.6 Å². The summed E-state index contributed by atoms with van der Waals surface area (Å²) in [5.74, 6) is 0.194. The third kappa shape index (κ3) is 2.28. The minimum Gasteiger partial charge on any atom is -0.324 e. The summed E-state index contributed by atoms with van der Waals surface area (Å²) in [5, 5.41) is 3.11. The lowest BCUT2D eigenvalue weighted by Gasteiger charge is -2.30. The van der Waals surface area contributed by atoms with Gasteiger partial charge in [-0.15, -0.1) is 11.8 Å². The van der Waals surface area contributed by atoms with Crippen molar-refractivity contribution < 1.29 is 4.79 Å². The quantitative estimate of drug-likeness (QED) is 0.861. The van der Waals surface area contributed by atoms with E-state index in [0.717, 1.165) is 44.5 Å². The second-order valence-electron chi connectivity index (χ2n) is 5.41. The Kier molecular flexibility index (Phi) is 3.54. The lowest BCUT2D eigenvalue weighted by atomic mass is 9.93. The molecule has 1 amide bonds. The molecule has 3 rings (SSSR count). The first-order valence-corrected chi connectivity index (χ1v) is 8.18. The number of thioether (sulfide) groups is 1. The second-order valence-corrected chi connectivity index (χ2v) is 6.29. The van der Waals surface area contributed by atoms with Crippen LogP contribution in [-0.2, 0) is 4.79 Å². The molecule has 0 aliphatic carbocycles. The predicted octanol–water partition coefficient (Wildman–Crippen LogP) is 2.98. The summed E-state index contributed by atoms with van der Waals surface area (Å²) in [6.45, 7) is 2.16. The van der Waals surface area contributed by atoms with Gasteiger partial charge in [0.25, 0.3) is 0 Å². The molecule has 0 saturated carbocycles. The van der Waals surface area contributed by atoms with Crippen LogP contribution >= 0.6 is 11.8 Å². The molecule has 0 radical (unpaired) electrons. The molecule has 0 aromatic heterocycles. The SMILES string of the molecule is CSc1ccc(NC(=O)C23CCCN2CCC3)cc1. The van der Waals surface area contributed by atoms with Crippen molar-refractivity contribution in [3.63, 3.8) is 0 Å². The zero-order valence-electron chi connectivity index (χ0n) is 11.3. The highest BCUT2D eigenvalue weighted by Gasteiger charge is 2.49. The molecule has 2 saturated heterocycles. The van der Waals surface area contributed by atoms with Gasteiger partial charge in [0.05, 0.1) is 0 Å². The highest BCUT2D eigenvalue weighted by Crippen LogP contribution is 2.39. The molecule has 4 heteroatoms. The van der Waals surface area contributed by atoms with E-state index >= 15 is 0 Å². The Morgan fingerprint density at radius 2 is 1.84 bits per heavy atom. The molecule has 1 N–H and O–H groups in total. The average molecular weight is 276 g/mol. The van der Waals surface area contributed by atoms with Gasteiger partial charge < -0.3 is 5.32 Å². The van der Waals surface area contributed by atoms with Crippen molar-refractivity contribution in [1.29, 1.82) is 0 Å². The molecule has 0 bridgehead atoms.